The van der Waals surface area contributed by atoms with Crippen molar-refractivity contribution in [2.75, 3.05) is 24.0 Å². The molecule has 0 aliphatic heterocycles. The van der Waals surface area contributed by atoms with Crippen LogP contribution in [-0.4, -0.2) is 30.1 Å². The molecule has 0 aliphatic carbocycles. The largest absolute Gasteiger partial charge is 0.348 e. The summed E-state index contributed by atoms with van der Waals surface area (Å²) in [5.74, 6) is 1.69. The Balaban J connectivity index is 2.85. The summed E-state index contributed by atoms with van der Waals surface area (Å²) >= 11 is 3.66. The molecule has 5 heteroatoms. The van der Waals surface area contributed by atoms with E-state index in [-0.39, 0.29) is 0 Å². The second-order valence-corrected chi connectivity index (χ2v) is 7.11. The summed E-state index contributed by atoms with van der Waals surface area (Å²) in [6, 6.07) is 0.522. The van der Waals surface area contributed by atoms with E-state index in [1.807, 2.05) is 11.8 Å². The van der Waals surface area contributed by atoms with Gasteiger partial charge in [-0.05, 0) is 37.7 Å². The number of nitrogens with zero attached hydrogens (tertiary/aromatic N) is 2. The van der Waals surface area contributed by atoms with Crippen LogP contribution in [0.15, 0.2) is 0 Å². The lowest BCUT2D eigenvalue weighted by Crippen LogP contribution is -2.29. The predicted octanol–water partition coefficient (Wildman–Crippen LogP) is 3.69. The Hall–Kier alpha value is -0.260. The molecule has 110 valence electrons. The van der Waals surface area contributed by atoms with Gasteiger partial charge in [-0.15, -0.1) is 11.3 Å². The summed E-state index contributed by atoms with van der Waals surface area (Å²) in [5, 5.41) is 1.12. The molecule has 3 nitrogen and oxygen atoms in total. The first-order valence-corrected chi connectivity index (χ1v) is 9.17. The third-order valence-electron chi connectivity index (χ3n) is 3.68. The number of hydrogen-bond acceptors (Lipinski definition) is 5. The van der Waals surface area contributed by atoms with Crippen LogP contribution in [0.1, 0.15) is 50.1 Å². The third-order valence-corrected chi connectivity index (χ3v) is 5.51. The zero-order valence-corrected chi connectivity index (χ0v) is 14.4. The van der Waals surface area contributed by atoms with E-state index >= 15 is 0 Å². The molecule has 0 saturated carbocycles. The summed E-state index contributed by atoms with van der Waals surface area (Å²) in [6.07, 6.45) is 4.46. The Morgan fingerprint density at radius 3 is 2.63 bits per heavy atom. The number of thioether (sulfide) groups is 1. The highest BCUT2D eigenvalue weighted by molar-refractivity contribution is 7.98. The van der Waals surface area contributed by atoms with Crippen LogP contribution < -0.4 is 10.6 Å². The van der Waals surface area contributed by atoms with Gasteiger partial charge in [-0.1, -0.05) is 13.8 Å². The van der Waals surface area contributed by atoms with Crippen molar-refractivity contribution in [3.05, 3.63) is 10.6 Å². The van der Waals surface area contributed by atoms with Crippen LogP contribution in [-0.2, 0) is 6.54 Å². The van der Waals surface area contributed by atoms with Gasteiger partial charge in [0, 0.05) is 24.5 Å². The smallest absolute Gasteiger partial charge is 0.185 e. The van der Waals surface area contributed by atoms with Crippen molar-refractivity contribution in [2.45, 2.75) is 52.1 Å². The minimum Gasteiger partial charge on any atom is -0.348 e. The summed E-state index contributed by atoms with van der Waals surface area (Å²) in [7, 11) is 2.14. The van der Waals surface area contributed by atoms with Gasteiger partial charge < -0.3 is 10.6 Å². The summed E-state index contributed by atoms with van der Waals surface area (Å²) in [5.41, 5.74) is 7.06. The number of nitrogens with two attached hydrogens (primary N) is 1. The molecular formula is C14H27N3S2. The highest BCUT2D eigenvalue weighted by Gasteiger charge is 2.19. The monoisotopic (exact) mass is 301 g/mol. The van der Waals surface area contributed by atoms with Gasteiger partial charge in [0.1, 0.15) is 0 Å². The average Bonchev–Trinajstić information content (AvgIpc) is 2.86. The molecule has 1 aromatic heterocycles. The van der Waals surface area contributed by atoms with Gasteiger partial charge in [-0.3, -0.25) is 0 Å². The number of rotatable bonds is 8. The molecule has 2 N–H and O–H groups in total. The van der Waals surface area contributed by atoms with E-state index in [4.69, 9.17) is 10.7 Å². The molecule has 0 radical (unpaired) electrons. The van der Waals surface area contributed by atoms with Crippen molar-refractivity contribution >= 4 is 28.2 Å². The topological polar surface area (TPSA) is 42.2 Å². The minimum absolute atomic E-state index is 0.499. The number of anilines is 1. The molecule has 0 amide bonds. The van der Waals surface area contributed by atoms with E-state index in [0.29, 0.717) is 18.5 Å². The van der Waals surface area contributed by atoms with Crippen molar-refractivity contribution in [3.8, 4) is 0 Å². The van der Waals surface area contributed by atoms with Gasteiger partial charge in [0.25, 0.3) is 0 Å². The maximum atomic E-state index is 5.86. The van der Waals surface area contributed by atoms with Crippen molar-refractivity contribution < 1.29 is 0 Å². The van der Waals surface area contributed by atoms with Gasteiger partial charge in [0.2, 0.25) is 0 Å². The molecule has 0 spiro atoms. The zero-order chi connectivity index (χ0) is 14.4. The molecule has 2 unspecified atom stereocenters. The first kappa shape index (κ1) is 16.8. The standard InChI is InChI=1S/C14H27N3S2/c1-6-10(2)13-12(9-15)19-14(16-13)17(4)11(3)7-8-18-5/h10-11H,6-9,15H2,1-5H3. The van der Waals surface area contributed by atoms with E-state index in [0.717, 1.165) is 11.6 Å². The molecule has 1 heterocycles. The van der Waals surface area contributed by atoms with Crippen molar-refractivity contribution in [3.63, 3.8) is 0 Å². The van der Waals surface area contributed by atoms with E-state index in [1.165, 1.54) is 22.7 Å². The SMILES string of the molecule is CCC(C)c1nc(N(C)C(C)CCSC)sc1CN. The molecule has 1 rings (SSSR count). The van der Waals surface area contributed by atoms with Crippen LogP contribution in [0.25, 0.3) is 0 Å². The zero-order valence-electron chi connectivity index (χ0n) is 12.8. The normalized spacial score (nSPS) is 14.4. The lowest BCUT2D eigenvalue weighted by Gasteiger charge is -2.24. The molecule has 0 fully saturated rings. The fourth-order valence-corrected chi connectivity index (χ4v) is 3.60. The Morgan fingerprint density at radius 1 is 1.42 bits per heavy atom. The van der Waals surface area contributed by atoms with Crippen LogP contribution in [0.4, 0.5) is 5.13 Å². The average molecular weight is 302 g/mol. The summed E-state index contributed by atoms with van der Waals surface area (Å²) in [4.78, 5) is 8.38. The highest BCUT2D eigenvalue weighted by atomic mass is 32.2. The lowest BCUT2D eigenvalue weighted by molar-refractivity contribution is 0.660. The van der Waals surface area contributed by atoms with Gasteiger partial charge >= 0.3 is 0 Å². The number of hydrogen-bond donors (Lipinski definition) is 1. The first-order valence-electron chi connectivity index (χ1n) is 6.96. The van der Waals surface area contributed by atoms with Gasteiger partial charge in [-0.25, -0.2) is 4.98 Å². The lowest BCUT2D eigenvalue weighted by atomic mass is 10.0. The van der Waals surface area contributed by atoms with Crippen LogP contribution >= 0.6 is 23.1 Å². The molecule has 1 aromatic rings. The molecule has 0 saturated heterocycles. The second-order valence-electron chi connectivity index (χ2n) is 5.06. The Kier molecular flexibility index (Phi) is 7.18. The van der Waals surface area contributed by atoms with Gasteiger partial charge in [0.05, 0.1) is 5.69 Å². The fourth-order valence-electron chi connectivity index (χ4n) is 1.90. The van der Waals surface area contributed by atoms with E-state index in [2.05, 4.69) is 39.0 Å². The highest BCUT2D eigenvalue weighted by Crippen LogP contribution is 2.32. The Labute approximate surface area is 126 Å². The summed E-state index contributed by atoms with van der Waals surface area (Å²) < 4.78 is 0. The summed E-state index contributed by atoms with van der Waals surface area (Å²) in [6.45, 7) is 7.30. The molecule has 0 bridgehead atoms. The minimum atomic E-state index is 0.499. The number of thiazole rings is 1. The third kappa shape index (κ3) is 4.36. The number of aromatic nitrogens is 1. The Bertz CT molecular complexity index is 379. The van der Waals surface area contributed by atoms with Gasteiger partial charge in [-0.2, -0.15) is 11.8 Å². The second kappa shape index (κ2) is 8.12. The van der Waals surface area contributed by atoms with E-state index < -0.39 is 0 Å². The maximum Gasteiger partial charge on any atom is 0.185 e. The van der Waals surface area contributed by atoms with Crippen LogP contribution in [0.3, 0.4) is 0 Å². The molecule has 0 aliphatic rings. The maximum absolute atomic E-state index is 5.86. The predicted molar refractivity (Wildman–Crippen MR) is 89.6 cm³/mol. The van der Waals surface area contributed by atoms with E-state index in [9.17, 15) is 0 Å². The Morgan fingerprint density at radius 2 is 2.11 bits per heavy atom. The first-order chi connectivity index (χ1) is 9.04. The van der Waals surface area contributed by atoms with Crippen LogP contribution in [0, 0.1) is 0 Å². The van der Waals surface area contributed by atoms with Crippen LogP contribution in [0.5, 0.6) is 0 Å². The van der Waals surface area contributed by atoms with Crippen molar-refractivity contribution in [1.82, 2.24) is 4.98 Å². The van der Waals surface area contributed by atoms with Crippen molar-refractivity contribution in [1.29, 1.82) is 0 Å². The molecule has 2 atom stereocenters. The van der Waals surface area contributed by atoms with E-state index in [1.54, 1.807) is 11.3 Å². The fraction of sp³-hybridized carbons (Fsp3) is 0.786. The molecule has 0 aromatic carbocycles. The van der Waals surface area contributed by atoms with Crippen molar-refractivity contribution in [2.24, 2.45) is 5.73 Å². The van der Waals surface area contributed by atoms with Crippen LogP contribution in [0.2, 0.25) is 0 Å². The quantitative estimate of drug-likeness (QED) is 0.795. The molecular weight excluding hydrogens is 274 g/mol. The molecule has 19 heavy (non-hydrogen) atoms. The van der Waals surface area contributed by atoms with Gasteiger partial charge in [0.15, 0.2) is 5.13 Å².